The van der Waals surface area contributed by atoms with E-state index in [1.54, 1.807) is 26.8 Å². The van der Waals surface area contributed by atoms with Gasteiger partial charge >= 0.3 is 6.09 Å². The fourth-order valence-electron chi connectivity index (χ4n) is 1.27. The van der Waals surface area contributed by atoms with Gasteiger partial charge in [0.2, 0.25) is 0 Å². The Morgan fingerprint density at radius 3 is 2.57 bits per heavy atom. The van der Waals surface area contributed by atoms with Gasteiger partial charge in [-0.25, -0.2) is 14.6 Å². The zero-order valence-corrected chi connectivity index (χ0v) is 13.5. The predicted molar refractivity (Wildman–Crippen MR) is 80.6 cm³/mol. The zero-order valence-electron chi connectivity index (χ0n) is 11.9. The van der Waals surface area contributed by atoms with Gasteiger partial charge in [0.25, 0.3) is 5.91 Å². The molecule has 7 heteroatoms. The van der Waals surface area contributed by atoms with Gasteiger partial charge in [0, 0.05) is 16.1 Å². The summed E-state index contributed by atoms with van der Waals surface area (Å²) >= 11 is 3.21. The van der Waals surface area contributed by atoms with E-state index in [4.69, 9.17) is 4.74 Å². The van der Waals surface area contributed by atoms with Crippen molar-refractivity contribution >= 4 is 34.0 Å². The molecule has 2 amide bonds. The van der Waals surface area contributed by atoms with E-state index in [9.17, 15) is 14.0 Å². The molecule has 0 aliphatic rings. The summed E-state index contributed by atoms with van der Waals surface area (Å²) < 4.78 is 19.0. The quantitative estimate of drug-likeness (QED) is 0.630. The van der Waals surface area contributed by atoms with Gasteiger partial charge in [-0.2, -0.15) is 0 Å². The Morgan fingerprint density at radius 1 is 1.29 bits per heavy atom. The lowest BCUT2D eigenvalue weighted by Crippen LogP contribution is -2.43. The standard InChI is InChI=1S/C14H16BrFN2O3/c1-14(2,3)21-13(20)18-17-12(19)7-4-9-8-10(15)5-6-11(9)16/h4-8H,1-3H3,(H,17,19)(H,18,20). The molecule has 0 saturated heterocycles. The lowest BCUT2D eigenvalue weighted by Gasteiger charge is -2.19. The fraction of sp³-hybridized carbons (Fsp3) is 0.286. The molecule has 0 spiro atoms. The molecule has 0 radical (unpaired) electrons. The summed E-state index contributed by atoms with van der Waals surface area (Å²) in [5.74, 6) is -1.07. The monoisotopic (exact) mass is 358 g/mol. The topological polar surface area (TPSA) is 67.4 Å². The van der Waals surface area contributed by atoms with Crippen LogP contribution in [0.1, 0.15) is 26.3 Å². The third kappa shape index (κ3) is 6.89. The number of hydrogen-bond donors (Lipinski definition) is 2. The van der Waals surface area contributed by atoms with Crippen LogP contribution in [0.2, 0.25) is 0 Å². The van der Waals surface area contributed by atoms with Gasteiger partial charge in [0.1, 0.15) is 11.4 Å². The minimum atomic E-state index is -0.780. The molecule has 114 valence electrons. The van der Waals surface area contributed by atoms with E-state index in [1.165, 1.54) is 18.2 Å². The molecule has 0 bridgehead atoms. The predicted octanol–water partition coefficient (Wildman–Crippen LogP) is 3.16. The van der Waals surface area contributed by atoms with Crippen LogP contribution in [0.25, 0.3) is 6.08 Å². The van der Waals surface area contributed by atoms with Gasteiger partial charge in [-0.3, -0.25) is 10.2 Å². The summed E-state index contributed by atoms with van der Waals surface area (Å²) in [6.45, 7) is 5.10. The van der Waals surface area contributed by atoms with E-state index in [2.05, 4.69) is 26.8 Å². The minimum Gasteiger partial charge on any atom is -0.443 e. The van der Waals surface area contributed by atoms with Crippen LogP contribution in [-0.2, 0) is 9.53 Å². The maximum Gasteiger partial charge on any atom is 0.426 e. The lowest BCUT2D eigenvalue weighted by atomic mass is 10.2. The van der Waals surface area contributed by atoms with Crippen LogP contribution in [0.5, 0.6) is 0 Å². The van der Waals surface area contributed by atoms with E-state index in [1.807, 2.05) is 0 Å². The number of carbonyl (C=O) groups is 2. The molecule has 5 nitrogen and oxygen atoms in total. The van der Waals surface area contributed by atoms with Crippen LogP contribution in [0, 0.1) is 5.82 Å². The first-order chi connectivity index (χ1) is 9.67. The van der Waals surface area contributed by atoms with Crippen LogP contribution in [0.15, 0.2) is 28.7 Å². The molecule has 1 aromatic rings. The van der Waals surface area contributed by atoms with Crippen molar-refractivity contribution in [3.63, 3.8) is 0 Å². The van der Waals surface area contributed by atoms with Crippen molar-refractivity contribution in [1.82, 2.24) is 10.9 Å². The van der Waals surface area contributed by atoms with Crippen molar-refractivity contribution in [1.29, 1.82) is 0 Å². The van der Waals surface area contributed by atoms with Crippen LogP contribution < -0.4 is 10.9 Å². The summed E-state index contributed by atoms with van der Waals surface area (Å²) in [6.07, 6.45) is 1.62. The highest BCUT2D eigenvalue weighted by molar-refractivity contribution is 9.10. The smallest absolute Gasteiger partial charge is 0.426 e. The number of rotatable bonds is 2. The van der Waals surface area contributed by atoms with Crippen LogP contribution in [-0.4, -0.2) is 17.6 Å². The number of hydrogen-bond acceptors (Lipinski definition) is 3. The molecule has 0 fully saturated rings. The molecule has 2 N–H and O–H groups in total. The molecule has 21 heavy (non-hydrogen) atoms. The second kappa shape index (κ2) is 7.21. The number of amides is 2. The van der Waals surface area contributed by atoms with Crippen LogP contribution in [0.3, 0.4) is 0 Å². The number of hydrazine groups is 1. The lowest BCUT2D eigenvalue weighted by molar-refractivity contribution is -0.117. The largest absolute Gasteiger partial charge is 0.443 e. The van der Waals surface area contributed by atoms with E-state index >= 15 is 0 Å². The van der Waals surface area contributed by atoms with Gasteiger partial charge in [-0.1, -0.05) is 15.9 Å². The normalized spacial score (nSPS) is 11.3. The Bertz CT molecular complexity index is 568. The number of carbonyl (C=O) groups excluding carboxylic acids is 2. The summed E-state index contributed by atoms with van der Waals surface area (Å²) in [4.78, 5) is 22.8. The summed E-state index contributed by atoms with van der Waals surface area (Å²) in [6, 6.07) is 4.36. The van der Waals surface area contributed by atoms with Crippen molar-refractivity contribution in [3.8, 4) is 0 Å². The maximum atomic E-state index is 13.4. The van der Waals surface area contributed by atoms with Crippen molar-refractivity contribution < 1.29 is 18.7 Å². The molecule has 0 atom stereocenters. The van der Waals surface area contributed by atoms with Crippen molar-refractivity contribution in [2.45, 2.75) is 26.4 Å². The Hall–Kier alpha value is -1.89. The second-order valence-corrected chi connectivity index (χ2v) is 6.03. The van der Waals surface area contributed by atoms with Gasteiger partial charge < -0.3 is 4.74 Å². The first-order valence-corrected chi connectivity index (χ1v) is 6.89. The molecule has 0 aliphatic carbocycles. The average Bonchev–Trinajstić information content (AvgIpc) is 2.35. The SMILES string of the molecule is CC(C)(C)OC(=O)NNC(=O)C=Cc1cc(Br)ccc1F. The van der Waals surface area contributed by atoms with Gasteiger partial charge in [0.15, 0.2) is 0 Å². The molecular formula is C14H16BrFN2O3. The highest BCUT2D eigenvalue weighted by Crippen LogP contribution is 2.16. The van der Waals surface area contributed by atoms with Gasteiger partial charge in [-0.05, 0) is 45.0 Å². The fourth-order valence-corrected chi connectivity index (χ4v) is 1.64. The average molecular weight is 359 g/mol. The second-order valence-electron chi connectivity index (χ2n) is 5.12. The van der Waals surface area contributed by atoms with E-state index in [-0.39, 0.29) is 5.56 Å². The first kappa shape index (κ1) is 17.2. The zero-order chi connectivity index (χ0) is 16.0. The molecule has 0 saturated carbocycles. The Kier molecular flexibility index (Phi) is 5.90. The van der Waals surface area contributed by atoms with Gasteiger partial charge in [0.05, 0.1) is 0 Å². The van der Waals surface area contributed by atoms with Crippen LogP contribution in [0.4, 0.5) is 9.18 Å². The Morgan fingerprint density at radius 2 is 1.95 bits per heavy atom. The number of benzene rings is 1. The maximum absolute atomic E-state index is 13.4. The Balaban J connectivity index is 2.52. The Labute approximate surface area is 130 Å². The third-order valence-corrected chi connectivity index (χ3v) is 2.55. The summed E-state index contributed by atoms with van der Waals surface area (Å²) in [5, 5.41) is 0. The first-order valence-electron chi connectivity index (χ1n) is 6.09. The third-order valence-electron chi connectivity index (χ3n) is 2.06. The number of nitrogens with one attached hydrogen (secondary N) is 2. The minimum absolute atomic E-state index is 0.247. The van der Waals surface area contributed by atoms with E-state index in [0.29, 0.717) is 4.47 Å². The van der Waals surface area contributed by atoms with Crippen molar-refractivity contribution in [2.75, 3.05) is 0 Å². The molecule has 0 aliphatic heterocycles. The molecule has 0 unspecified atom stereocenters. The summed E-state index contributed by atoms with van der Waals surface area (Å²) in [5.41, 5.74) is 3.80. The van der Waals surface area contributed by atoms with Crippen molar-refractivity contribution in [3.05, 3.63) is 40.1 Å². The van der Waals surface area contributed by atoms with Gasteiger partial charge in [-0.15, -0.1) is 0 Å². The van der Waals surface area contributed by atoms with E-state index in [0.717, 1.165) is 6.08 Å². The van der Waals surface area contributed by atoms with Crippen LogP contribution >= 0.6 is 15.9 Å². The molecule has 0 heterocycles. The molecule has 1 aromatic carbocycles. The number of halogens is 2. The molecular weight excluding hydrogens is 343 g/mol. The highest BCUT2D eigenvalue weighted by atomic mass is 79.9. The van der Waals surface area contributed by atoms with Crippen molar-refractivity contribution in [2.24, 2.45) is 0 Å². The molecule has 1 rings (SSSR count). The number of ether oxygens (including phenoxy) is 1. The van der Waals surface area contributed by atoms with E-state index < -0.39 is 23.4 Å². The summed E-state index contributed by atoms with van der Waals surface area (Å²) in [7, 11) is 0. The molecule has 0 aromatic heterocycles. The highest BCUT2D eigenvalue weighted by Gasteiger charge is 2.15.